The summed E-state index contributed by atoms with van der Waals surface area (Å²) in [6.07, 6.45) is 0.489. The minimum atomic E-state index is -0.347. The average molecular weight is 522 g/mol. The molecule has 0 saturated heterocycles. The predicted octanol–water partition coefficient (Wildman–Crippen LogP) is 5.72. The zero-order chi connectivity index (χ0) is 26.1. The van der Waals surface area contributed by atoms with E-state index in [0.29, 0.717) is 65.4 Å². The third-order valence-corrected chi connectivity index (χ3v) is 6.99. The van der Waals surface area contributed by atoms with Crippen molar-refractivity contribution < 1.29 is 23.4 Å². The Hall–Kier alpha value is -3.68. The Labute approximate surface area is 220 Å². The molecule has 3 aromatic carbocycles. The molecule has 4 aromatic rings. The number of methoxy groups -OCH3 is 3. The molecular weight excluding hydrogens is 494 g/mol. The van der Waals surface area contributed by atoms with E-state index in [1.807, 2.05) is 55.5 Å². The van der Waals surface area contributed by atoms with Gasteiger partial charge in [0.15, 0.2) is 11.5 Å². The van der Waals surface area contributed by atoms with E-state index < -0.39 is 0 Å². The number of ether oxygens (including phenoxy) is 4. The van der Waals surface area contributed by atoms with Crippen molar-refractivity contribution in [2.75, 3.05) is 28.1 Å². The standard InChI is InChI=1S/C29H28ClNO6/c1-17-20-13-23(30)27-22(26(20)37-29(32)21(17)10-18-8-6-5-7-9-18)15-31(16-36-27)14-19-11-24(33-2)28(35-4)25(12-19)34-3/h5-9,11-13H,10,14-16H2,1-4H3. The van der Waals surface area contributed by atoms with Crippen LogP contribution >= 0.6 is 11.6 Å². The van der Waals surface area contributed by atoms with Crippen molar-refractivity contribution >= 4 is 22.6 Å². The molecule has 0 unspecified atom stereocenters. The smallest absolute Gasteiger partial charge is 0.340 e. The van der Waals surface area contributed by atoms with Crippen LogP contribution in [0.25, 0.3) is 11.0 Å². The lowest BCUT2D eigenvalue weighted by Crippen LogP contribution is -2.32. The van der Waals surface area contributed by atoms with E-state index >= 15 is 0 Å². The number of aryl methyl sites for hydroxylation is 1. The Kier molecular flexibility index (Phi) is 7.00. The topological polar surface area (TPSA) is 70.4 Å². The Morgan fingerprint density at radius 1 is 0.973 bits per heavy atom. The number of benzene rings is 3. The van der Waals surface area contributed by atoms with Crippen LogP contribution in [0.3, 0.4) is 0 Å². The van der Waals surface area contributed by atoms with Gasteiger partial charge in [-0.15, -0.1) is 0 Å². The molecule has 0 bridgehead atoms. The number of hydrogen-bond donors (Lipinski definition) is 0. The summed E-state index contributed by atoms with van der Waals surface area (Å²) in [4.78, 5) is 15.2. The second-order valence-electron chi connectivity index (χ2n) is 8.99. The Bertz CT molecular complexity index is 1490. The van der Waals surface area contributed by atoms with Crippen LogP contribution in [-0.4, -0.2) is 33.0 Å². The zero-order valence-corrected chi connectivity index (χ0v) is 22.0. The van der Waals surface area contributed by atoms with Gasteiger partial charge in [0, 0.05) is 30.5 Å². The number of nitrogens with zero attached hydrogens (tertiary/aromatic N) is 1. The van der Waals surface area contributed by atoms with Gasteiger partial charge >= 0.3 is 5.63 Å². The fourth-order valence-electron chi connectivity index (χ4n) is 4.85. The highest BCUT2D eigenvalue weighted by Gasteiger charge is 2.27. The molecule has 8 heteroatoms. The molecule has 1 aromatic heterocycles. The summed E-state index contributed by atoms with van der Waals surface area (Å²) in [6.45, 7) is 3.30. The van der Waals surface area contributed by atoms with E-state index in [0.717, 1.165) is 27.6 Å². The van der Waals surface area contributed by atoms with Crippen LogP contribution in [0.5, 0.6) is 23.0 Å². The van der Waals surface area contributed by atoms with Gasteiger partial charge in [-0.3, -0.25) is 4.90 Å². The van der Waals surface area contributed by atoms with Crippen LogP contribution in [0.4, 0.5) is 0 Å². The maximum atomic E-state index is 13.1. The SMILES string of the molecule is COc1cc(CN2COc3c(Cl)cc4c(C)c(Cc5ccccc5)c(=O)oc4c3C2)cc(OC)c1OC. The maximum Gasteiger partial charge on any atom is 0.340 e. The molecule has 0 fully saturated rings. The first-order valence-electron chi connectivity index (χ1n) is 11.9. The van der Waals surface area contributed by atoms with Crippen molar-refractivity contribution in [1.29, 1.82) is 0 Å². The maximum absolute atomic E-state index is 13.1. The Balaban J connectivity index is 1.51. The summed E-state index contributed by atoms with van der Waals surface area (Å²) in [5.41, 5.74) is 4.40. The molecule has 0 saturated carbocycles. The van der Waals surface area contributed by atoms with Gasteiger partial charge in [0.05, 0.1) is 31.9 Å². The van der Waals surface area contributed by atoms with E-state index in [9.17, 15) is 4.79 Å². The molecule has 1 aliphatic heterocycles. The number of rotatable bonds is 7. The number of hydrogen-bond acceptors (Lipinski definition) is 7. The molecule has 0 amide bonds. The number of fused-ring (bicyclic) bond motifs is 3. The summed E-state index contributed by atoms with van der Waals surface area (Å²) in [7, 11) is 4.75. The lowest BCUT2D eigenvalue weighted by Gasteiger charge is -2.30. The monoisotopic (exact) mass is 521 g/mol. The van der Waals surface area contributed by atoms with Crippen LogP contribution in [0.15, 0.2) is 57.7 Å². The summed E-state index contributed by atoms with van der Waals surface area (Å²) in [5, 5.41) is 1.31. The minimum absolute atomic E-state index is 0.324. The normalized spacial score (nSPS) is 13.2. The molecule has 0 aliphatic carbocycles. The van der Waals surface area contributed by atoms with Crippen molar-refractivity contribution in [3.63, 3.8) is 0 Å². The second-order valence-corrected chi connectivity index (χ2v) is 9.40. The van der Waals surface area contributed by atoms with E-state index in [2.05, 4.69) is 4.90 Å². The van der Waals surface area contributed by atoms with Gasteiger partial charge in [-0.2, -0.15) is 0 Å². The molecule has 0 radical (unpaired) electrons. The van der Waals surface area contributed by atoms with E-state index in [-0.39, 0.29) is 5.63 Å². The highest BCUT2D eigenvalue weighted by atomic mass is 35.5. The van der Waals surface area contributed by atoms with Gasteiger partial charge in [-0.1, -0.05) is 41.9 Å². The largest absolute Gasteiger partial charge is 0.493 e. The fourth-order valence-corrected chi connectivity index (χ4v) is 5.13. The highest BCUT2D eigenvalue weighted by molar-refractivity contribution is 6.33. The molecule has 7 nitrogen and oxygen atoms in total. The van der Waals surface area contributed by atoms with Crippen molar-refractivity contribution in [3.05, 3.63) is 91.8 Å². The van der Waals surface area contributed by atoms with Crippen molar-refractivity contribution in [3.8, 4) is 23.0 Å². The summed E-state index contributed by atoms with van der Waals surface area (Å²) >= 11 is 6.66. The Morgan fingerprint density at radius 3 is 2.32 bits per heavy atom. The van der Waals surface area contributed by atoms with Gasteiger partial charge in [-0.25, -0.2) is 4.79 Å². The molecule has 2 heterocycles. The van der Waals surface area contributed by atoms with Crippen molar-refractivity contribution in [1.82, 2.24) is 4.90 Å². The van der Waals surface area contributed by atoms with Crippen molar-refractivity contribution in [2.45, 2.75) is 26.4 Å². The summed E-state index contributed by atoms with van der Waals surface area (Å²) < 4.78 is 28.4. The van der Waals surface area contributed by atoms with Gasteiger partial charge in [-0.05, 0) is 41.8 Å². The van der Waals surface area contributed by atoms with Gasteiger partial charge in [0.1, 0.15) is 18.1 Å². The van der Waals surface area contributed by atoms with Crippen LogP contribution in [0.2, 0.25) is 5.02 Å². The van der Waals surface area contributed by atoms with Gasteiger partial charge < -0.3 is 23.4 Å². The molecule has 0 N–H and O–H groups in total. The molecule has 0 atom stereocenters. The highest BCUT2D eigenvalue weighted by Crippen LogP contribution is 2.41. The third-order valence-electron chi connectivity index (χ3n) is 6.71. The Morgan fingerprint density at radius 2 is 1.68 bits per heavy atom. The molecule has 1 aliphatic rings. The minimum Gasteiger partial charge on any atom is -0.493 e. The summed E-state index contributed by atoms with van der Waals surface area (Å²) in [6, 6.07) is 15.5. The van der Waals surface area contributed by atoms with Crippen LogP contribution < -0.4 is 24.6 Å². The average Bonchev–Trinajstić information content (AvgIpc) is 2.92. The van der Waals surface area contributed by atoms with E-state index in [1.165, 1.54) is 0 Å². The molecule has 192 valence electrons. The molecule has 5 rings (SSSR count). The fraction of sp³-hybridized carbons (Fsp3) is 0.276. The first kappa shape index (κ1) is 25.0. The lowest BCUT2D eigenvalue weighted by atomic mass is 9.97. The van der Waals surface area contributed by atoms with Gasteiger partial charge in [0.2, 0.25) is 5.75 Å². The summed E-state index contributed by atoms with van der Waals surface area (Å²) in [5.74, 6) is 2.25. The van der Waals surface area contributed by atoms with Crippen LogP contribution in [-0.2, 0) is 19.5 Å². The molecule has 37 heavy (non-hydrogen) atoms. The number of halogens is 1. The first-order valence-corrected chi connectivity index (χ1v) is 12.3. The quantitative estimate of drug-likeness (QED) is 0.288. The zero-order valence-electron chi connectivity index (χ0n) is 21.2. The second kappa shape index (κ2) is 10.4. The van der Waals surface area contributed by atoms with Gasteiger partial charge in [0.25, 0.3) is 0 Å². The predicted molar refractivity (Wildman–Crippen MR) is 142 cm³/mol. The lowest BCUT2D eigenvalue weighted by molar-refractivity contribution is 0.0889. The van der Waals surface area contributed by atoms with E-state index in [4.69, 9.17) is 35.0 Å². The molecular formula is C29H28ClNO6. The van der Waals surface area contributed by atoms with Crippen molar-refractivity contribution in [2.24, 2.45) is 0 Å². The van der Waals surface area contributed by atoms with Crippen LogP contribution in [0, 0.1) is 6.92 Å². The van der Waals surface area contributed by atoms with Crippen LogP contribution in [0.1, 0.15) is 27.8 Å². The van der Waals surface area contributed by atoms with E-state index in [1.54, 1.807) is 21.3 Å². The molecule has 0 spiro atoms. The first-order chi connectivity index (χ1) is 17.9. The third kappa shape index (κ3) is 4.72.